The average Bonchev–Trinajstić information content (AvgIpc) is 3.20. The quantitative estimate of drug-likeness (QED) is 0.584. The van der Waals surface area contributed by atoms with E-state index in [4.69, 9.17) is 24.6 Å². The van der Waals surface area contributed by atoms with E-state index in [1.54, 1.807) is 12.4 Å². The Balaban J connectivity index is 1.45. The number of aromatic nitrogens is 4. The standard InChI is InChI=1S/C19H26N8O4S/c1-21-32(28,29)31-14-8-13(9-14)27-3-2-15-16(12-10-22-18(20)23-11-12)24-19(25-17(15)27)26-4-6-30-7-5-26/h10-11,13-14,21H,2-9H2,1H3,(H2,20,22,23)/t13-,14+. The van der Waals surface area contributed by atoms with E-state index in [1.807, 2.05) is 0 Å². The Bertz CT molecular complexity index is 1090. The maximum absolute atomic E-state index is 11.7. The fraction of sp³-hybridized carbons (Fsp3) is 0.579. The molecule has 0 atom stereocenters. The highest BCUT2D eigenvalue weighted by atomic mass is 32.2. The predicted octanol–water partition coefficient (Wildman–Crippen LogP) is -0.273. The number of morpholine rings is 1. The maximum Gasteiger partial charge on any atom is 0.335 e. The Morgan fingerprint density at radius 1 is 1.16 bits per heavy atom. The molecule has 2 aliphatic heterocycles. The minimum absolute atomic E-state index is 0.163. The van der Waals surface area contributed by atoms with Crippen molar-refractivity contribution in [2.75, 3.05) is 55.4 Å². The lowest BCUT2D eigenvalue weighted by atomic mass is 9.88. The third-order valence-corrected chi connectivity index (χ3v) is 7.14. The van der Waals surface area contributed by atoms with Gasteiger partial charge in [-0.3, -0.25) is 4.18 Å². The normalized spacial score (nSPS) is 23.2. The predicted molar refractivity (Wildman–Crippen MR) is 117 cm³/mol. The van der Waals surface area contributed by atoms with Gasteiger partial charge < -0.3 is 20.3 Å². The van der Waals surface area contributed by atoms with Gasteiger partial charge in [-0.05, 0) is 19.3 Å². The summed E-state index contributed by atoms with van der Waals surface area (Å²) in [5.41, 5.74) is 8.32. The van der Waals surface area contributed by atoms with Crippen LogP contribution in [0.5, 0.6) is 0 Å². The summed E-state index contributed by atoms with van der Waals surface area (Å²) in [7, 11) is -2.35. The zero-order valence-corrected chi connectivity index (χ0v) is 18.6. The van der Waals surface area contributed by atoms with Crippen LogP contribution in [0.4, 0.5) is 17.7 Å². The van der Waals surface area contributed by atoms with Crippen LogP contribution in [-0.2, 0) is 25.6 Å². The summed E-state index contributed by atoms with van der Waals surface area (Å²) in [6.45, 7) is 3.49. The second-order valence-electron chi connectivity index (χ2n) is 8.05. The Kier molecular flexibility index (Phi) is 5.57. The van der Waals surface area contributed by atoms with Crippen molar-refractivity contribution in [1.82, 2.24) is 24.7 Å². The molecule has 172 valence electrons. The molecule has 13 heteroatoms. The van der Waals surface area contributed by atoms with Gasteiger partial charge in [0.05, 0.1) is 25.0 Å². The minimum atomic E-state index is -3.69. The summed E-state index contributed by atoms with van der Waals surface area (Å²) in [6.07, 6.45) is 5.08. The van der Waals surface area contributed by atoms with Gasteiger partial charge in [0.1, 0.15) is 5.82 Å². The molecule has 2 fully saturated rings. The SMILES string of the molecule is CNS(=O)(=O)O[C@H]1C[C@@H](N2CCc3c(-c4cnc(N)nc4)nc(N4CCOCC4)nc32)C1. The third-order valence-electron chi connectivity index (χ3n) is 6.11. The van der Waals surface area contributed by atoms with Crippen LogP contribution >= 0.6 is 0 Å². The number of nitrogens with one attached hydrogen (secondary N) is 1. The number of anilines is 3. The van der Waals surface area contributed by atoms with Crippen molar-refractivity contribution < 1.29 is 17.3 Å². The van der Waals surface area contributed by atoms with Crippen LogP contribution in [0.3, 0.4) is 0 Å². The Hall–Kier alpha value is -2.61. The number of rotatable bonds is 6. The first kappa shape index (κ1) is 21.2. The van der Waals surface area contributed by atoms with E-state index in [-0.39, 0.29) is 18.1 Å². The van der Waals surface area contributed by atoms with Crippen molar-refractivity contribution in [3.63, 3.8) is 0 Å². The second kappa shape index (κ2) is 8.39. The second-order valence-corrected chi connectivity index (χ2v) is 9.56. The van der Waals surface area contributed by atoms with Gasteiger partial charge in [0.2, 0.25) is 11.9 Å². The van der Waals surface area contributed by atoms with Crippen molar-refractivity contribution in [2.24, 2.45) is 0 Å². The molecule has 0 spiro atoms. The highest BCUT2D eigenvalue weighted by Crippen LogP contribution is 2.40. The van der Waals surface area contributed by atoms with Gasteiger partial charge in [-0.1, -0.05) is 0 Å². The number of hydrogen-bond acceptors (Lipinski definition) is 11. The van der Waals surface area contributed by atoms with Crippen LogP contribution in [0.2, 0.25) is 0 Å². The van der Waals surface area contributed by atoms with Crippen LogP contribution in [0.1, 0.15) is 18.4 Å². The van der Waals surface area contributed by atoms with Gasteiger partial charge in [0, 0.05) is 56.2 Å². The van der Waals surface area contributed by atoms with Gasteiger partial charge in [-0.25, -0.2) is 15.0 Å². The monoisotopic (exact) mass is 462 g/mol. The number of fused-ring (bicyclic) bond motifs is 1. The summed E-state index contributed by atoms with van der Waals surface area (Å²) < 4.78 is 36.2. The van der Waals surface area contributed by atoms with Gasteiger partial charge in [0.25, 0.3) is 0 Å². The number of ether oxygens (including phenoxy) is 1. The molecule has 0 radical (unpaired) electrons. The van der Waals surface area contributed by atoms with Crippen LogP contribution in [-0.4, -0.2) is 80.4 Å². The molecule has 1 aliphatic carbocycles. The lowest BCUT2D eigenvalue weighted by molar-refractivity contribution is 0.102. The first-order valence-corrected chi connectivity index (χ1v) is 12.0. The highest BCUT2D eigenvalue weighted by Gasteiger charge is 2.41. The maximum atomic E-state index is 11.7. The van der Waals surface area contributed by atoms with Crippen molar-refractivity contribution in [3.8, 4) is 11.3 Å². The average molecular weight is 463 g/mol. The number of nitrogens with zero attached hydrogens (tertiary/aromatic N) is 6. The molecule has 3 aliphatic rings. The van der Waals surface area contributed by atoms with Gasteiger partial charge in [0.15, 0.2) is 0 Å². The van der Waals surface area contributed by atoms with Crippen molar-refractivity contribution >= 4 is 28.0 Å². The minimum Gasteiger partial charge on any atom is -0.378 e. The summed E-state index contributed by atoms with van der Waals surface area (Å²) in [5, 5.41) is 0. The lowest BCUT2D eigenvalue weighted by Gasteiger charge is -2.41. The molecular weight excluding hydrogens is 436 g/mol. The molecule has 0 bridgehead atoms. The molecule has 32 heavy (non-hydrogen) atoms. The van der Waals surface area contributed by atoms with Crippen LogP contribution < -0.4 is 20.3 Å². The molecule has 3 N–H and O–H groups in total. The van der Waals surface area contributed by atoms with E-state index < -0.39 is 10.3 Å². The fourth-order valence-electron chi connectivity index (χ4n) is 4.32. The Morgan fingerprint density at radius 2 is 1.88 bits per heavy atom. The zero-order chi connectivity index (χ0) is 22.3. The molecule has 1 saturated heterocycles. The number of nitrogens with two attached hydrogens (primary N) is 1. The first-order valence-electron chi connectivity index (χ1n) is 10.6. The molecule has 0 unspecified atom stereocenters. The van der Waals surface area contributed by atoms with Crippen molar-refractivity contribution in [3.05, 3.63) is 18.0 Å². The molecule has 2 aromatic rings. The summed E-state index contributed by atoms with van der Waals surface area (Å²) in [4.78, 5) is 22.4. The molecule has 1 saturated carbocycles. The summed E-state index contributed by atoms with van der Waals surface area (Å²) in [6, 6.07) is 0.163. The topological polar surface area (TPSA) is 149 Å². The molecule has 4 heterocycles. The molecule has 2 aromatic heterocycles. The van der Waals surface area contributed by atoms with Crippen LogP contribution in [0.15, 0.2) is 12.4 Å². The van der Waals surface area contributed by atoms with Crippen molar-refractivity contribution in [2.45, 2.75) is 31.4 Å². The summed E-state index contributed by atoms with van der Waals surface area (Å²) >= 11 is 0. The van der Waals surface area contributed by atoms with Gasteiger partial charge in [-0.2, -0.15) is 18.1 Å². The largest absolute Gasteiger partial charge is 0.378 e. The Morgan fingerprint density at radius 3 is 2.56 bits per heavy atom. The molecule has 0 amide bonds. The van der Waals surface area contributed by atoms with E-state index >= 15 is 0 Å². The van der Waals surface area contributed by atoms with E-state index in [9.17, 15) is 8.42 Å². The van der Waals surface area contributed by atoms with E-state index in [0.717, 1.165) is 48.7 Å². The van der Waals surface area contributed by atoms with Crippen LogP contribution in [0, 0.1) is 0 Å². The van der Waals surface area contributed by atoms with Gasteiger partial charge in [-0.15, -0.1) is 0 Å². The Labute approximate surface area is 186 Å². The van der Waals surface area contributed by atoms with Gasteiger partial charge >= 0.3 is 10.3 Å². The zero-order valence-electron chi connectivity index (χ0n) is 17.8. The van der Waals surface area contributed by atoms with Crippen molar-refractivity contribution in [1.29, 1.82) is 0 Å². The number of hydrogen-bond donors (Lipinski definition) is 2. The molecular formula is C19H26N8O4S. The number of nitrogen functional groups attached to an aromatic ring is 1. The molecule has 5 rings (SSSR count). The van der Waals surface area contributed by atoms with E-state index in [2.05, 4.69) is 24.5 Å². The third kappa shape index (κ3) is 4.08. The first-order chi connectivity index (χ1) is 15.4. The smallest absolute Gasteiger partial charge is 0.335 e. The lowest BCUT2D eigenvalue weighted by Crippen LogP contribution is -2.49. The summed E-state index contributed by atoms with van der Waals surface area (Å²) in [5.74, 6) is 1.75. The van der Waals surface area contributed by atoms with E-state index in [0.29, 0.717) is 32.0 Å². The fourth-order valence-corrected chi connectivity index (χ4v) is 4.94. The van der Waals surface area contributed by atoms with E-state index in [1.165, 1.54) is 7.05 Å². The highest BCUT2D eigenvalue weighted by molar-refractivity contribution is 7.84. The van der Waals surface area contributed by atoms with Crippen LogP contribution in [0.25, 0.3) is 11.3 Å². The molecule has 12 nitrogen and oxygen atoms in total. The molecule has 0 aromatic carbocycles.